The molecular weight excluding hydrogens is 789 g/mol. The molecule has 0 fully saturated rings. The molecule has 0 bridgehead atoms. The molecule has 0 aliphatic carbocycles. The molecule has 9 nitrogen and oxygen atoms in total. The lowest BCUT2D eigenvalue weighted by Gasteiger charge is -2.12. The predicted octanol–water partition coefficient (Wildman–Crippen LogP) is 11.7. The number of benzene rings is 5. The molecule has 322 valence electrons. The van der Waals surface area contributed by atoms with E-state index in [0.29, 0.717) is 47.8 Å². The predicted molar refractivity (Wildman–Crippen MR) is 251 cm³/mol. The maximum absolute atomic E-state index is 12.9. The summed E-state index contributed by atoms with van der Waals surface area (Å²) < 4.78 is 16.4. The second-order valence-electron chi connectivity index (χ2n) is 14.2. The van der Waals surface area contributed by atoms with Gasteiger partial charge in [0.15, 0.2) is 11.6 Å². The van der Waals surface area contributed by atoms with Gasteiger partial charge < -0.3 is 34.6 Å². The van der Waals surface area contributed by atoms with E-state index in [0.717, 1.165) is 33.4 Å². The summed E-state index contributed by atoms with van der Waals surface area (Å²) >= 11 is 0. The smallest absolute Gasteiger partial charge is 0.189 e. The number of ether oxygens (including phenoxy) is 3. The van der Waals surface area contributed by atoms with Crippen molar-refractivity contribution in [2.45, 2.75) is 61.5 Å². The molecule has 5 rings (SSSR count). The monoisotopic (exact) mass is 846 g/mol. The van der Waals surface area contributed by atoms with Crippen molar-refractivity contribution in [3.05, 3.63) is 171 Å². The summed E-state index contributed by atoms with van der Waals surface area (Å²) in [5.41, 5.74) is 6.84. The number of aromatic hydroxyl groups is 4. The molecule has 5 aromatic rings. The first kappa shape index (κ1) is 50.5. The molecule has 0 saturated heterocycles. The van der Waals surface area contributed by atoms with Crippen LogP contribution in [0.4, 0.5) is 0 Å². The number of carbonyl (C=O) groups is 2. The van der Waals surface area contributed by atoms with Gasteiger partial charge in [-0.2, -0.15) is 13.5 Å². The Bertz CT molecular complexity index is 2380. The summed E-state index contributed by atoms with van der Waals surface area (Å²) in [5, 5.41) is 41.0. The molecule has 10 heteroatoms. The lowest BCUT2D eigenvalue weighted by atomic mass is 9.97. The van der Waals surface area contributed by atoms with Crippen LogP contribution in [0, 0.1) is 6.92 Å². The summed E-state index contributed by atoms with van der Waals surface area (Å²) in [7, 11) is 3.09. The zero-order valence-electron chi connectivity index (χ0n) is 35.1. The number of carbonyl (C=O) groups excluding carboxylic acids is 2. The van der Waals surface area contributed by atoms with Crippen LogP contribution in [0.3, 0.4) is 0 Å². The number of phenols is 4. The van der Waals surface area contributed by atoms with Gasteiger partial charge in [-0.1, -0.05) is 67.1 Å². The molecule has 0 aliphatic heterocycles. The zero-order chi connectivity index (χ0) is 43.1. The maximum Gasteiger partial charge on any atom is 0.189 e. The van der Waals surface area contributed by atoms with E-state index in [9.17, 15) is 30.0 Å². The summed E-state index contributed by atoms with van der Waals surface area (Å²) in [6.45, 7) is 10.2. The number of hydrogen-bond donors (Lipinski definition) is 4. The lowest BCUT2D eigenvalue weighted by molar-refractivity contribution is 0.103. The SMILES string of the molecule is C.COc1ccc(/C=C/C(=O)c2ccc(C)c(CC=C(C)C)c2O)c(OCc2ccccc2)c1.COc1ccc(/C=C/C(=O)c2ccc(O)c(CC=C(C)C)c2O)c(O)c1.S. The topological polar surface area (TPSA) is 143 Å². The zero-order valence-corrected chi connectivity index (χ0v) is 36.1. The van der Waals surface area contributed by atoms with Gasteiger partial charge in [-0.15, -0.1) is 0 Å². The number of rotatable bonds is 15. The highest BCUT2D eigenvalue weighted by Gasteiger charge is 2.17. The van der Waals surface area contributed by atoms with Crippen molar-refractivity contribution < 1.29 is 44.2 Å². The molecule has 0 unspecified atom stereocenters. The quantitative estimate of drug-likeness (QED) is 0.0460. The van der Waals surface area contributed by atoms with Gasteiger partial charge in [-0.3, -0.25) is 9.59 Å². The van der Waals surface area contributed by atoms with Gasteiger partial charge in [-0.05, 0) is 125 Å². The number of aryl methyl sites for hydroxylation is 1. The first-order valence-electron chi connectivity index (χ1n) is 19.0. The molecule has 0 atom stereocenters. The van der Waals surface area contributed by atoms with E-state index < -0.39 is 5.78 Å². The Hall–Kier alpha value is -6.65. The minimum absolute atomic E-state index is 0. The number of allylic oxidation sites excluding steroid dienone is 6. The molecule has 0 heterocycles. The fourth-order valence-electron chi connectivity index (χ4n) is 5.77. The Labute approximate surface area is 367 Å². The van der Waals surface area contributed by atoms with Gasteiger partial charge in [0.05, 0.1) is 25.3 Å². The summed E-state index contributed by atoms with van der Waals surface area (Å²) in [6.07, 6.45) is 10.7. The van der Waals surface area contributed by atoms with E-state index in [4.69, 9.17) is 14.2 Å². The average molecular weight is 847 g/mol. The molecule has 5 aromatic carbocycles. The molecule has 0 aromatic heterocycles. The Morgan fingerprint density at radius 3 is 1.67 bits per heavy atom. The Balaban J connectivity index is 0.000000418. The van der Waals surface area contributed by atoms with Crippen molar-refractivity contribution in [2.75, 3.05) is 14.2 Å². The fraction of sp³-hybridized carbons (Fsp3) is 0.216. The van der Waals surface area contributed by atoms with Gasteiger partial charge in [0.1, 0.15) is 46.9 Å². The van der Waals surface area contributed by atoms with Gasteiger partial charge in [0.25, 0.3) is 0 Å². The highest BCUT2D eigenvalue weighted by Crippen LogP contribution is 2.33. The van der Waals surface area contributed by atoms with E-state index in [1.165, 1.54) is 43.5 Å². The Morgan fingerprint density at radius 1 is 0.607 bits per heavy atom. The third kappa shape index (κ3) is 14.5. The van der Waals surface area contributed by atoms with E-state index >= 15 is 0 Å². The molecule has 0 aliphatic rings. The van der Waals surface area contributed by atoms with Crippen LogP contribution in [0.1, 0.15) is 89.2 Å². The third-order valence-electron chi connectivity index (χ3n) is 9.26. The Morgan fingerprint density at radius 2 is 1.11 bits per heavy atom. The number of ketones is 2. The number of hydrogen-bond acceptors (Lipinski definition) is 9. The average Bonchev–Trinajstić information content (AvgIpc) is 3.21. The van der Waals surface area contributed by atoms with E-state index in [1.54, 1.807) is 37.5 Å². The van der Waals surface area contributed by atoms with Crippen molar-refractivity contribution in [1.29, 1.82) is 0 Å². The van der Waals surface area contributed by atoms with Crippen LogP contribution >= 0.6 is 13.5 Å². The highest BCUT2D eigenvalue weighted by atomic mass is 32.1. The molecule has 0 radical (unpaired) electrons. The van der Waals surface area contributed by atoms with Crippen molar-refractivity contribution >= 4 is 37.2 Å². The Kier molecular flexibility index (Phi) is 20.2. The summed E-state index contributed by atoms with van der Waals surface area (Å²) in [6, 6.07) is 26.4. The molecule has 61 heavy (non-hydrogen) atoms. The van der Waals surface area contributed by atoms with Crippen LogP contribution in [0.5, 0.6) is 40.2 Å². The van der Waals surface area contributed by atoms with E-state index in [-0.39, 0.29) is 60.8 Å². The standard InChI is InChI=1S/C29H30O4.C21H22O5.CH4.H2S/c1-20(2)10-15-25-21(3)11-16-26(29(25)31)27(30)17-13-23-12-14-24(32-4)18-28(23)33-19-22-8-6-5-7-9-22;1-13(2)4-8-16-19(23)11-9-17(21(16)25)18(22)10-6-14-5-7-15(26-3)12-20(14)24;;/h5-14,16-18,31H,15,19H2,1-4H3;4-7,9-12,23-25H,8H2,1-3H3;1H4;1H2/b17-13+;10-6+;;. The van der Waals surface area contributed by atoms with Crippen molar-refractivity contribution in [1.82, 2.24) is 0 Å². The maximum atomic E-state index is 12.9. The summed E-state index contributed by atoms with van der Waals surface area (Å²) in [5.74, 6) is 0.800. The number of phenolic OH excluding ortho intramolecular Hbond substituents is 4. The van der Waals surface area contributed by atoms with Crippen molar-refractivity contribution in [2.24, 2.45) is 0 Å². The van der Waals surface area contributed by atoms with E-state index in [2.05, 4.69) is 0 Å². The van der Waals surface area contributed by atoms with Gasteiger partial charge in [-0.25, -0.2) is 0 Å². The van der Waals surface area contributed by atoms with E-state index in [1.807, 2.05) is 95.3 Å². The fourth-order valence-corrected chi connectivity index (χ4v) is 5.77. The largest absolute Gasteiger partial charge is 0.508 e. The lowest BCUT2D eigenvalue weighted by Crippen LogP contribution is -2.00. The van der Waals surface area contributed by atoms with Gasteiger partial charge >= 0.3 is 0 Å². The van der Waals surface area contributed by atoms with Crippen LogP contribution in [0.15, 0.2) is 126 Å². The highest BCUT2D eigenvalue weighted by molar-refractivity contribution is 7.59. The van der Waals surface area contributed by atoms with Crippen LogP contribution in [0.2, 0.25) is 0 Å². The molecular formula is C51H58O9S. The van der Waals surface area contributed by atoms with Crippen molar-refractivity contribution in [3.8, 4) is 40.2 Å². The third-order valence-corrected chi connectivity index (χ3v) is 9.26. The second kappa shape index (κ2) is 24.4. The van der Waals surface area contributed by atoms with Crippen molar-refractivity contribution in [3.63, 3.8) is 0 Å². The van der Waals surface area contributed by atoms with Gasteiger partial charge in [0.2, 0.25) is 0 Å². The molecule has 0 saturated carbocycles. The normalized spacial score (nSPS) is 10.4. The van der Waals surface area contributed by atoms with Crippen LogP contribution in [-0.4, -0.2) is 46.2 Å². The van der Waals surface area contributed by atoms with Crippen LogP contribution in [0.25, 0.3) is 12.2 Å². The first-order valence-corrected chi connectivity index (χ1v) is 19.0. The first-order chi connectivity index (χ1) is 28.2. The van der Waals surface area contributed by atoms with Crippen LogP contribution < -0.4 is 14.2 Å². The molecule has 4 N–H and O–H groups in total. The number of methoxy groups -OCH3 is 2. The molecule has 0 amide bonds. The molecule has 0 spiro atoms. The van der Waals surface area contributed by atoms with Gasteiger partial charge in [0, 0.05) is 34.4 Å². The minimum Gasteiger partial charge on any atom is -0.508 e. The minimum atomic E-state index is -0.434. The summed E-state index contributed by atoms with van der Waals surface area (Å²) in [4.78, 5) is 25.4. The van der Waals surface area contributed by atoms with Crippen LogP contribution in [-0.2, 0) is 19.4 Å². The second-order valence-corrected chi connectivity index (χ2v) is 14.2.